The van der Waals surface area contributed by atoms with Crippen LogP contribution >= 0.6 is 0 Å². The van der Waals surface area contributed by atoms with Crippen LogP contribution in [0, 0.1) is 11.8 Å². The van der Waals surface area contributed by atoms with Crippen LogP contribution in [0.25, 0.3) is 0 Å². The second-order valence-corrected chi connectivity index (χ2v) is 5.30. The summed E-state index contributed by atoms with van der Waals surface area (Å²) in [6, 6.07) is 1.87. The molecule has 4 N–H and O–H groups in total. The quantitative estimate of drug-likeness (QED) is 0.675. The molecule has 0 saturated heterocycles. The van der Waals surface area contributed by atoms with Gasteiger partial charge < -0.3 is 11.1 Å². The van der Waals surface area contributed by atoms with Crippen molar-refractivity contribution in [3.8, 4) is 0 Å². The van der Waals surface area contributed by atoms with Gasteiger partial charge in [-0.15, -0.1) is 0 Å². The molecule has 0 aromatic carbocycles. The Morgan fingerprint density at radius 3 is 2.74 bits per heavy atom. The Morgan fingerprint density at radius 1 is 1.47 bits per heavy atom. The number of aromatic amines is 1. The highest BCUT2D eigenvalue weighted by molar-refractivity contribution is 5.89. The second kappa shape index (κ2) is 7.94. The third kappa shape index (κ3) is 5.42. The van der Waals surface area contributed by atoms with Crippen molar-refractivity contribution in [2.45, 2.75) is 46.5 Å². The van der Waals surface area contributed by atoms with Gasteiger partial charge in [-0.25, -0.2) is 0 Å². The van der Waals surface area contributed by atoms with Gasteiger partial charge >= 0.3 is 0 Å². The summed E-state index contributed by atoms with van der Waals surface area (Å²) in [5, 5.41) is 9.75. The molecule has 0 aliphatic heterocycles. The molecule has 5 heteroatoms. The largest absolute Gasteiger partial charge is 0.330 e. The Morgan fingerprint density at radius 2 is 2.21 bits per heavy atom. The highest BCUT2D eigenvalue weighted by Gasteiger charge is 2.14. The lowest BCUT2D eigenvalue weighted by Gasteiger charge is -2.19. The molecule has 0 fully saturated rings. The maximum Gasteiger partial charge on any atom is 0.225 e. The third-order valence-corrected chi connectivity index (χ3v) is 3.50. The van der Waals surface area contributed by atoms with E-state index in [-0.39, 0.29) is 5.91 Å². The van der Waals surface area contributed by atoms with E-state index in [9.17, 15) is 4.79 Å². The van der Waals surface area contributed by atoms with Crippen molar-refractivity contribution in [3.05, 3.63) is 11.8 Å². The van der Waals surface area contributed by atoms with Crippen molar-refractivity contribution < 1.29 is 4.79 Å². The molecule has 19 heavy (non-hydrogen) atoms. The van der Waals surface area contributed by atoms with Crippen molar-refractivity contribution in [3.63, 3.8) is 0 Å². The number of anilines is 1. The Bertz CT molecular complexity index is 387. The SMILES string of the molecule is CCc1cc(NC(=O)CCC(CCN)C(C)C)n[nH]1. The molecule has 0 aliphatic carbocycles. The number of aromatic nitrogens is 2. The lowest BCUT2D eigenvalue weighted by atomic mass is 9.88. The van der Waals surface area contributed by atoms with E-state index in [1.807, 2.05) is 13.0 Å². The van der Waals surface area contributed by atoms with Crippen molar-refractivity contribution in [1.29, 1.82) is 0 Å². The summed E-state index contributed by atoms with van der Waals surface area (Å²) in [5.74, 6) is 1.72. The number of hydrogen-bond donors (Lipinski definition) is 3. The van der Waals surface area contributed by atoms with E-state index >= 15 is 0 Å². The molecular formula is C14H26N4O. The van der Waals surface area contributed by atoms with Gasteiger partial charge in [0.25, 0.3) is 0 Å². The van der Waals surface area contributed by atoms with E-state index in [2.05, 4.69) is 29.4 Å². The zero-order valence-electron chi connectivity index (χ0n) is 12.2. The van der Waals surface area contributed by atoms with Gasteiger partial charge in [-0.2, -0.15) is 5.10 Å². The molecular weight excluding hydrogens is 240 g/mol. The molecule has 1 aromatic rings. The predicted molar refractivity (Wildman–Crippen MR) is 77.8 cm³/mol. The van der Waals surface area contributed by atoms with Gasteiger partial charge in [0.1, 0.15) is 0 Å². The van der Waals surface area contributed by atoms with E-state index in [0.29, 0.717) is 30.6 Å². The molecule has 1 rings (SSSR count). The van der Waals surface area contributed by atoms with Crippen molar-refractivity contribution in [1.82, 2.24) is 10.2 Å². The normalized spacial score (nSPS) is 12.7. The van der Waals surface area contributed by atoms with E-state index in [4.69, 9.17) is 5.73 Å². The van der Waals surface area contributed by atoms with Crippen LogP contribution in [0.3, 0.4) is 0 Å². The summed E-state index contributed by atoms with van der Waals surface area (Å²) in [6.45, 7) is 7.09. The average Bonchev–Trinajstić information content (AvgIpc) is 2.81. The lowest BCUT2D eigenvalue weighted by Crippen LogP contribution is -2.18. The number of carbonyl (C=O) groups excluding carboxylic acids is 1. The van der Waals surface area contributed by atoms with Gasteiger partial charge in [0.05, 0.1) is 0 Å². The fraction of sp³-hybridized carbons (Fsp3) is 0.714. The van der Waals surface area contributed by atoms with Crippen LogP contribution < -0.4 is 11.1 Å². The molecule has 1 aromatic heterocycles. The van der Waals surface area contributed by atoms with Crippen LogP contribution in [0.4, 0.5) is 5.82 Å². The number of nitrogens with one attached hydrogen (secondary N) is 2. The van der Waals surface area contributed by atoms with Gasteiger partial charge in [0.15, 0.2) is 5.82 Å². The van der Waals surface area contributed by atoms with Gasteiger partial charge in [0.2, 0.25) is 5.91 Å². The van der Waals surface area contributed by atoms with Gasteiger partial charge in [-0.05, 0) is 37.6 Å². The van der Waals surface area contributed by atoms with Crippen LogP contribution in [0.1, 0.15) is 45.7 Å². The van der Waals surface area contributed by atoms with Gasteiger partial charge in [-0.3, -0.25) is 9.89 Å². The zero-order chi connectivity index (χ0) is 14.3. The first kappa shape index (κ1) is 15.7. The second-order valence-electron chi connectivity index (χ2n) is 5.30. The average molecular weight is 266 g/mol. The molecule has 108 valence electrons. The lowest BCUT2D eigenvalue weighted by molar-refractivity contribution is -0.116. The first-order valence-electron chi connectivity index (χ1n) is 7.11. The number of rotatable bonds is 8. The van der Waals surface area contributed by atoms with Crippen LogP contribution in [-0.2, 0) is 11.2 Å². The molecule has 1 amide bonds. The number of amides is 1. The molecule has 1 heterocycles. The number of nitrogens with zero attached hydrogens (tertiary/aromatic N) is 1. The van der Waals surface area contributed by atoms with Crippen LogP contribution in [0.2, 0.25) is 0 Å². The minimum atomic E-state index is 0.0248. The smallest absolute Gasteiger partial charge is 0.225 e. The minimum absolute atomic E-state index is 0.0248. The maximum atomic E-state index is 11.8. The number of carbonyl (C=O) groups is 1. The molecule has 0 bridgehead atoms. The summed E-state index contributed by atoms with van der Waals surface area (Å²) in [4.78, 5) is 11.8. The van der Waals surface area contributed by atoms with Crippen LogP contribution in [0.5, 0.6) is 0 Å². The van der Waals surface area contributed by atoms with Crippen molar-refractivity contribution in [2.24, 2.45) is 17.6 Å². The predicted octanol–water partition coefficient (Wildman–Crippen LogP) is 2.31. The van der Waals surface area contributed by atoms with Gasteiger partial charge in [-0.1, -0.05) is 20.8 Å². The highest BCUT2D eigenvalue weighted by atomic mass is 16.1. The number of hydrogen-bond acceptors (Lipinski definition) is 3. The monoisotopic (exact) mass is 266 g/mol. The third-order valence-electron chi connectivity index (χ3n) is 3.50. The summed E-state index contributed by atoms with van der Waals surface area (Å²) in [6.07, 6.45) is 3.27. The first-order valence-corrected chi connectivity index (χ1v) is 7.11. The van der Waals surface area contributed by atoms with Crippen LogP contribution in [0.15, 0.2) is 6.07 Å². The Balaban J connectivity index is 2.38. The molecule has 1 atom stereocenters. The molecule has 0 radical (unpaired) electrons. The Kier molecular flexibility index (Phi) is 6.56. The fourth-order valence-electron chi connectivity index (χ4n) is 2.15. The fourth-order valence-corrected chi connectivity index (χ4v) is 2.15. The molecule has 5 nitrogen and oxygen atoms in total. The van der Waals surface area contributed by atoms with E-state index in [1.54, 1.807) is 0 Å². The Labute approximate surface area is 115 Å². The van der Waals surface area contributed by atoms with E-state index in [1.165, 1.54) is 0 Å². The highest BCUT2D eigenvalue weighted by Crippen LogP contribution is 2.20. The number of nitrogens with two attached hydrogens (primary N) is 1. The zero-order valence-corrected chi connectivity index (χ0v) is 12.2. The minimum Gasteiger partial charge on any atom is -0.330 e. The van der Waals surface area contributed by atoms with Gasteiger partial charge in [0, 0.05) is 18.2 Å². The maximum absolute atomic E-state index is 11.8. The summed E-state index contributed by atoms with van der Waals surface area (Å²) >= 11 is 0. The molecule has 0 spiro atoms. The molecule has 1 unspecified atom stereocenters. The number of aryl methyl sites for hydroxylation is 1. The van der Waals surface area contributed by atoms with E-state index < -0.39 is 0 Å². The van der Waals surface area contributed by atoms with E-state index in [0.717, 1.165) is 25.0 Å². The Hall–Kier alpha value is -1.36. The summed E-state index contributed by atoms with van der Waals surface area (Å²) in [7, 11) is 0. The molecule has 0 saturated carbocycles. The molecule has 0 aliphatic rings. The standard InChI is InChI=1S/C14H26N4O/c1-4-12-9-13(18-17-12)16-14(19)6-5-11(7-8-15)10(2)3/h9-11H,4-8,15H2,1-3H3,(H2,16,17,18,19). The first-order chi connectivity index (χ1) is 9.06. The van der Waals surface area contributed by atoms with Crippen LogP contribution in [-0.4, -0.2) is 22.6 Å². The van der Waals surface area contributed by atoms with Crippen molar-refractivity contribution >= 4 is 11.7 Å². The van der Waals surface area contributed by atoms with Crippen molar-refractivity contribution in [2.75, 3.05) is 11.9 Å². The topological polar surface area (TPSA) is 83.8 Å². The summed E-state index contributed by atoms with van der Waals surface area (Å²) < 4.78 is 0. The number of H-pyrrole nitrogens is 1. The summed E-state index contributed by atoms with van der Waals surface area (Å²) in [5.41, 5.74) is 6.63.